The van der Waals surface area contributed by atoms with E-state index in [-0.39, 0.29) is 5.56 Å². The lowest BCUT2D eigenvalue weighted by Crippen LogP contribution is -2.13. The molecule has 0 saturated carbocycles. The van der Waals surface area contributed by atoms with Gasteiger partial charge in [-0.3, -0.25) is 14.6 Å². The molecule has 0 saturated heterocycles. The number of H-pyrrole nitrogens is 1. The van der Waals surface area contributed by atoms with Crippen LogP contribution in [0.25, 0.3) is 6.08 Å². The molecule has 5 heteroatoms. The number of ether oxygens (including phenoxy) is 1. The van der Waals surface area contributed by atoms with Crippen LogP contribution in [0.1, 0.15) is 25.1 Å². The van der Waals surface area contributed by atoms with Crippen LogP contribution in [0.3, 0.4) is 0 Å². The van der Waals surface area contributed by atoms with E-state index in [0.29, 0.717) is 11.4 Å². The zero-order chi connectivity index (χ0) is 13.3. The SMILES string of the molecule is CCc1[nH]n(C)c(=O)c1C=C=C1OC(C)=CN1C. The maximum Gasteiger partial charge on any atom is 0.274 e. The molecule has 0 bridgehead atoms. The highest BCUT2D eigenvalue weighted by atomic mass is 16.5. The van der Waals surface area contributed by atoms with Crippen molar-refractivity contribution in [3.63, 3.8) is 0 Å². The van der Waals surface area contributed by atoms with Gasteiger partial charge in [-0.05, 0) is 13.3 Å². The van der Waals surface area contributed by atoms with Crippen molar-refractivity contribution >= 4 is 6.08 Å². The first kappa shape index (κ1) is 12.3. The van der Waals surface area contributed by atoms with Crippen LogP contribution in [0.2, 0.25) is 0 Å². The third kappa shape index (κ3) is 2.13. The van der Waals surface area contributed by atoms with Crippen LogP contribution in [0, 0.1) is 0 Å². The monoisotopic (exact) mass is 247 g/mol. The van der Waals surface area contributed by atoms with Gasteiger partial charge >= 0.3 is 0 Å². The highest BCUT2D eigenvalue weighted by Gasteiger charge is 2.13. The molecule has 1 aliphatic rings. The molecule has 1 aliphatic heterocycles. The minimum Gasteiger partial charge on any atom is -0.437 e. The lowest BCUT2D eigenvalue weighted by molar-refractivity contribution is 0.270. The topological polar surface area (TPSA) is 50.3 Å². The Morgan fingerprint density at radius 2 is 2.22 bits per heavy atom. The van der Waals surface area contributed by atoms with E-state index in [0.717, 1.165) is 17.9 Å². The molecule has 0 atom stereocenters. The first-order chi connectivity index (χ1) is 8.52. The normalized spacial score (nSPS) is 14.3. The summed E-state index contributed by atoms with van der Waals surface area (Å²) in [6.45, 7) is 3.87. The molecule has 0 amide bonds. The van der Waals surface area contributed by atoms with Crippen LogP contribution in [0.4, 0.5) is 0 Å². The molecule has 2 heterocycles. The number of aromatic nitrogens is 2. The first-order valence-corrected chi connectivity index (χ1v) is 5.86. The van der Waals surface area contributed by atoms with Crippen molar-refractivity contribution < 1.29 is 4.74 Å². The number of nitrogens with zero attached hydrogens (tertiary/aromatic N) is 2. The molecule has 1 aromatic heterocycles. The van der Waals surface area contributed by atoms with E-state index in [9.17, 15) is 4.79 Å². The highest BCUT2D eigenvalue weighted by Crippen LogP contribution is 2.18. The van der Waals surface area contributed by atoms with Gasteiger partial charge in [-0.25, -0.2) is 0 Å². The van der Waals surface area contributed by atoms with Gasteiger partial charge in [-0.1, -0.05) is 12.7 Å². The van der Waals surface area contributed by atoms with Crippen LogP contribution in [0.15, 0.2) is 28.4 Å². The van der Waals surface area contributed by atoms with Crippen molar-refractivity contribution in [1.82, 2.24) is 14.7 Å². The molecule has 5 nitrogen and oxygen atoms in total. The molecule has 18 heavy (non-hydrogen) atoms. The quantitative estimate of drug-likeness (QED) is 0.807. The third-order valence-corrected chi connectivity index (χ3v) is 2.81. The molecule has 1 N–H and O–H groups in total. The molecule has 96 valence electrons. The van der Waals surface area contributed by atoms with Gasteiger partial charge in [0, 0.05) is 32.1 Å². The summed E-state index contributed by atoms with van der Waals surface area (Å²) in [5.74, 6) is 1.41. The number of allylic oxidation sites excluding steroid dienone is 1. The summed E-state index contributed by atoms with van der Waals surface area (Å²) < 4.78 is 6.93. The van der Waals surface area contributed by atoms with Gasteiger partial charge in [0.2, 0.25) is 5.88 Å². The van der Waals surface area contributed by atoms with Crippen molar-refractivity contribution in [2.45, 2.75) is 20.3 Å². The van der Waals surface area contributed by atoms with Crippen LogP contribution < -0.4 is 5.56 Å². The Bertz CT molecular complexity index is 613. The number of aryl methyl sites for hydroxylation is 2. The van der Waals surface area contributed by atoms with Crippen molar-refractivity contribution in [1.29, 1.82) is 0 Å². The van der Waals surface area contributed by atoms with E-state index in [4.69, 9.17) is 4.74 Å². The fraction of sp³-hybridized carbons (Fsp3) is 0.385. The maximum atomic E-state index is 11.9. The number of aromatic amines is 1. The Morgan fingerprint density at radius 3 is 2.78 bits per heavy atom. The van der Waals surface area contributed by atoms with Gasteiger partial charge in [-0.15, -0.1) is 0 Å². The van der Waals surface area contributed by atoms with Crippen LogP contribution in [0.5, 0.6) is 0 Å². The van der Waals surface area contributed by atoms with Crippen LogP contribution >= 0.6 is 0 Å². The van der Waals surface area contributed by atoms with Crippen LogP contribution in [-0.4, -0.2) is 21.7 Å². The van der Waals surface area contributed by atoms with Gasteiger partial charge in [0.1, 0.15) is 5.76 Å². The second-order valence-corrected chi connectivity index (χ2v) is 4.27. The lowest BCUT2D eigenvalue weighted by Gasteiger charge is -2.04. The molecule has 0 unspecified atom stereocenters. The Kier molecular flexibility index (Phi) is 3.17. The average molecular weight is 247 g/mol. The summed E-state index contributed by atoms with van der Waals surface area (Å²) in [5, 5.41) is 3.01. The minimum atomic E-state index is -0.0507. The molecule has 0 aliphatic carbocycles. The van der Waals surface area contributed by atoms with Crippen LogP contribution in [-0.2, 0) is 18.2 Å². The van der Waals surface area contributed by atoms with Gasteiger partial charge in [0.05, 0.1) is 5.56 Å². The summed E-state index contributed by atoms with van der Waals surface area (Å²) in [4.78, 5) is 13.7. The van der Waals surface area contributed by atoms with E-state index in [1.807, 2.05) is 32.0 Å². The fourth-order valence-electron chi connectivity index (χ4n) is 1.89. The highest BCUT2D eigenvalue weighted by molar-refractivity contribution is 5.50. The summed E-state index contributed by atoms with van der Waals surface area (Å²) >= 11 is 0. The predicted molar refractivity (Wildman–Crippen MR) is 69.5 cm³/mol. The minimum absolute atomic E-state index is 0.0507. The zero-order valence-corrected chi connectivity index (χ0v) is 11.1. The van der Waals surface area contributed by atoms with E-state index in [2.05, 4.69) is 10.8 Å². The number of hydrogen-bond donors (Lipinski definition) is 1. The van der Waals surface area contributed by atoms with E-state index in [1.54, 1.807) is 13.1 Å². The second kappa shape index (κ2) is 4.63. The van der Waals surface area contributed by atoms with Gasteiger partial charge in [0.25, 0.3) is 5.56 Å². The molecular formula is C13H17N3O2. The number of hydrogen-bond acceptors (Lipinski definition) is 3. The standard InChI is InChI=1S/C13H17N3O2/c1-5-11-10(13(17)16(4)14-11)6-7-12-15(3)8-9(2)18-12/h6,8,14H,5H2,1-4H3. The molecule has 2 rings (SSSR count). The number of rotatable bonds is 2. The lowest BCUT2D eigenvalue weighted by atomic mass is 10.2. The van der Waals surface area contributed by atoms with Gasteiger partial charge in [-0.2, -0.15) is 0 Å². The maximum absolute atomic E-state index is 11.9. The van der Waals surface area contributed by atoms with E-state index < -0.39 is 0 Å². The molecule has 0 radical (unpaired) electrons. The molecular weight excluding hydrogens is 230 g/mol. The smallest absolute Gasteiger partial charge is 0.274 e. The molecule has 1 aromatic rings. The number of nitrogens with one attached hydrogen (secondary N) is 1. The van der Waals surface area contributed by atoms with E-state index in [1.165, 1.54) is 4.68 Å². The van der Waals surface area contributed by atoms with Gasteiger partial charge < -0.3 is 9.64 Å². The van der Waals surface area contributed by atoms with Crippen molar-refractivity contribution in [2.75, 3.05) is 7.05 Å². The predicted octanol–water partition coefficient (Wildman–Crippen LogP) is 1.55. The Hall–Kier alpha value is -2.13. The Balaban J connectivity index is 2.41. The average Bonchev–Trinajstić information content (AvgIpc) is 2.78. The summed E-state index contributed by atoms with van der Waals surface area (Å²) in [5.41, 5.74) is 4.50. The zero-order valence-electron chi connectivity index (χ0n) is 11.1. The van der Waals surface area contributed by atoms with Crippen molar-refractivity contribution in [2.24, 2.45) is 7.05 Å². The Labute approximate surface area is 106 Å². The van der Waals surface area contributed by atoms with Crippen molar-refractivity contribution in [3.05, 3.63) is 45.2 Å². The summed E-state index contributed by atoms with van der Waals surface area (Å²) in [7, 11) is 3.58. The summed E-state index contributed by atoms with van der Waals surface area (Å²) in [6.07, 6.45) is 4.31. The van der Waals surface area contributed by atoms with Crippen molar-refractivity contribution in [3.8, 4) is 0 Å². The molecule has 0 fully saturated rings. The van der Waals surface area contributed by atoms with Gasteiger partial charge in [0.15, 0.2) is 0 Å². The molecule has 0 spiro atoms. The summed E-state index contributed by atoms with van der Waals surface area (Å²) in [6, 6.07) is 0. The third-order valence-electron chi connectivity index (χ3n) is 2.81. The van der Waals surface area contributed by atoms with E-state index >= 15 is 0 Å². The largest absolute Gasteiger partial charge is 0.437 e. The Morgan fingerprint density at radius 1 is 1.50 bits per heavy atom. The second-order valence-electron chi connectivity index (χ2n) is 4.27. The molecule has 0 aromatic carbocycles. The fourth-order valence-corrected chi connectivity index (χ4v) is 1.89. The first-order valence-electron chi connectivity index (χ1n) is 5.86.